The first kappa shape index (κ1) is 25.4. The average Bonchev–Trinajstić information content (AvgIpc) is 2.63. The lowest BCUT2D eigenvalue weighted by atomic mass is 10.0. The lowest BCUT2D eigenvalue weighted by Crippen LogP contribution is -2.27. The van der Waals surface area contributed by atoms with Gasteiger partial charge in [0.25, 0.3) is 0 Å². The van der Waals surface area contributed by atoms with Gasteiger partial charge in [0.2, 0.25) is 0 Å². The summed E-state index contributed by atoms with van der Waals surface area (Å²) in [5, 5.41) is 0. The molecule has 0 aliphatic rings. The number of unbranched alkanes of at least 4 members (excludes halogenated alkanes) is 9. The Bertz CT molecular complexity index is 320. The van der Waals surface area contributed by atoms with E-state index in [9.17, 15) is 0 Å². The molecule has 0 heterocycles. The minimum Gasteiger partial charge on any atom is -0.303 e. The summed E-state index contributed by atoms with van der Waals surface area (Å²) in [5.74, 6) is 0.695. The summed E-state index contributed by atoms with van der Waals surface area (Å²) in [4.78, 5) is 2.73. The number of nitrogens with zero attached hydrogens (tertiary/aromatic N) is 1. The zero-order valence-electron chi connectivity index (χ0n) is 18.5. The normalized spacial score (nSPS) is 12.5. The summed E-state index contributed by atoms with van der Waals surface area (Å²) in [6, 6.07) is 0. The van der Waals surface area contributed by atoms with Gasteiger partial charge in [0, 0.05) is 0 Å². The van der Waals surface area contributed by atoms with Gasteiger partial charge in [-0.15, -0.1) is 13.2 Å². The van der Waals surface area contributed by atoms with Crippen LogP contribution >= 0.6 is 0 Å². The second-order valence-electron chi connectivity index (χ2n) is 8.44. The molecule has 0 N–H and O–H groups in total. The van der Waals surface area contributed by atoms with Crippen LogP contribution in [0.2, 0.25) is 0 Å². The predicted octanol–water partition coefficient (Wildman–Crippen LogP) is 8.17. The lowest BCUT2D eigenvalue weighted by molar-refractivity contribution is 0.256. The Morgan fingerprint density at radius 2 is 1.31 bits per heavy atom. The second-order valence-corrected chi connectivity index (χ2v) is 8.44. The van der Waals surface area contributed by atoms with Crippen LogP contribution in [0.5, 0.6) is 0 Å². The Hall–Kier alpha value is -0.560. The minimum atomic E-state index is 0.695. The van der Waals surface area contributed by atoms with Crippen LogP contribution in [0.1, 0.15) is 111 Å². The SMILES string of the molecule is C=CC(C)CCCCCCCN(CCCC)CCCCCCCC(=C)C. The van der Waals surface area contributed by atoms with E-state index in [-0.39, 0.29) is 0 Å². The van der Waals surface area contributed by atoms with Crippen LogP contribution in [-0.2, 0) is 0 Å². The van der Waals surface area contributed by atoms with Crippen molar-refractivity contribution in [1.82, 2.24) is 4.90 Å². The molecular weight excluding hydrogens is 314 g/mol. The van der Waals surface area contributed by atoms with E-state index < -0.39 is 0 Å². The van der Waals surface area contributed by atoms with Crippen LogP contribution in [-0.4, -0.2) is 24.5 Å². The van der Waals surface area contributed by atoms with E-state index in [1.807, 2.05) is 0 Å². The Morgan fingerprint density at radius 3 is 1.85 bits per heavy atom. The van der Waals surface area contributed by atoms with Gasteiger partial charge in [-0.2, -0.15) is 0 Å². The fourth-order valence-corrected chi connectivity index (χ4v) is 3.46. The van der Waals surface area contributed by atoms with Crippen LogP contribution in [0.15, 0.2) is 24.8 Å². The van der Waals surface area contributed by atoms with Gasteiger partial charge in [0.05, 0.1) is 0 Å². The minimum absolute atomic E-state index is 0.695. The lowest BCUT2D eigenvalue weighted by Gasteiger charge is -2.22. The molecule has 0 radical (unpaired) electrons. The molecule has 1 heteroatoms. The molecule has 154 valence electrons. The molecule has 1 atom stereocenters. The molecule has 0 amide bonds. The molecule has 0 spiro atoms. The third-order valence-electron chi connectivity index (χ3n) is 5.44. The highest BCUT2D eigenvalue weighted by molar-refractivity contribution is 4.87. The quantitative estimate of drug-likeness (QED) is 0.156. The molecule has 0 rings (SSSR count). The van der Waals surface area contributed by atoms with Crippen molar-refractivity contribution in [3.8, 4) is 0 Å². The third-order valence-corrected chi connectivity index (χ3v) is 5.44. The highest BCUT2D eigenvalue weighted by Crippen LogP contribution is 2.13. The first-order valence-electron chi connectivity index (χ1n) is 11.6. The maximum Gasteiger partial charge on any atom is -0.00187 e. The number of allylic oxidation sites excluding steroid dienone is 2. The molecule has 1 unspecified atom stereocenters. The fraction of sp³-hybridized carbons (Fsp3) is 0.840. The summed E-state index contributed by atoms with van der Waals surface area (Å²) < 4.78 is 0. The Morgan fingerprint density at radius 1 is 0.808 bits per heavy atom. The van der Waals surface area contributed by atoms with Crippen molar-refractivity contribution in [2.24, 2.45) is 5.92 Å². The molecule has 0 aromatic carbocycles. The van der Waals surface area contributed by atoms with Crippen molar-refractivity contribution < 1.29 is 0 Å². The highest BCUT2D eigenvalue weighted by Gasteiger charge is 2.04. The fourth-order valence-electron chi connectivity index (χ4n) is 3.46. The smallest absolute Gasteiger partial charge is 0.00187 e. The van der Waals surface area contributed by atoms with Crippen molar-refractivity contribution in [3.05, 3.63) is 24.8 Å². The van der Waals surface area contributed by atoms with Crippen LogP contribution in [0.4, 0.5) is 0 Å². The van der Waals surface area contributed by atoms with Crippen LogP contribution in [0, 0.1) is 5.92 Å². The van der Waals surface area contributed by atoms with Gasteiger partial charge in [-0.1, -0.05) is 76.9 Å². The standard InChI is InChI=1S/C25H49N/c1-6-8-21-26(22-17-13-9-11-15-19-24(3)4)23-18-14-10-12-16-20-25(5)7-2/h7,25H,2-3,6,8-23H2,1,4-5H3. The van der Waals surface area contributed by atoms with E-state index in [2.05, 4.69) is 44.9 Å². The summed E-state index contributed by atoms with van der Waals surface area (Å²) in [6.45, 7) is 18.5. The third kappa shape index (κ3) is 18.2. The largest absolute Gasteiger partial charge is 0.303 e. The molecule has 0 saturated carbocycles. The van der Waals surface area contributed by atoms with E-state index in [4.69, 9.17) is 0 Å². The van der Waals surface area contributed by atoms with E-state index in [1.54, 1.807) is 0 Å². The van der Waals surface area contributed by atoms with Crippen LogP contribution in [0.25, 0.3) is 0 Å². The van der Waals surface area contributed by atoms with Crippen LogP contribution in [0.3, 0.4) is 0 Å². The van der Waals surface area contributed by atoms with E-state index in [0.29, 0.717) is 5.92 Å². The monoisotopic (exact) mass is 363 g/mol. The van der Waals surface area contributed by atoms with Crippen molar-refractivity contribution in [2.75, 3.05) is 19.6 Å². The van der Waals surface area contributed by atoms with Crippen LogP contribution < -0.4 is 0 Å². The molecule has 0 aliphatic carbocycles. The summed E-state index contributed by atoms with van der Waals surface area (Å²) in [5.41, 5.74) is 1.34. The molecule has 0 fully saturated rings. The molecule has 0 aliphatic heterocycles. The number of hydrogen-bond donors (Lipinski definition) is 0. The first-order valence-corrected chi connectivity index (χ1v) is 11.6. The van der Waals surface area contributed by atoms with Gasteiger partial charge in [-0.25, -0.2) is 0 Å². The average molecular weight is 364 g/mol. The van der Waals surface area contributed by atoms with Crippen molar-refractivity contribution >= 4 is 0 Å². The van der Waals surface area contributed by atoms with Crippen molar-refractivity contribution in [3.63, 3.8) is 0 Å². The van der Waals surface area contributed by atoms with Gasteiger partial charge in [0.15, 0.2) is 0 Å². The zero-order chi connectivity index (χ0) is 19.5. The van der Waals surface area contributed by atoms with Gasteiger partial charge in [-0.05, 0) is 71.0 Å². The maximum absolute atomic E-state index is 3.99. The highest BCUT2D eigenvalue weighted by atomic mass is 15.1. The van der Waals surface area contributed by atoms with Gasteiger partial charge >= 0.3 is 0 Å². The van der Waals surface area contributed by atoms with Gasteiger partial charge in [-0.3, -0.25) is 0 Å². The molecule has 0 bridgehead atoms. The number of rotatable bonds is 20. The van der Waals surface area contributed by atoms with E-state index in [0.717, 1.165) is 0 Å². The summed E-state index contributed by atoms with van der Waals surface area (Å²) in [7, 11) is 0. The topological polar surface area (TPSA) is 3.24 Å². The second kappa shape index (κ2) is 19.2. The Kier molecular flexibility index (Phi) is 18.8. The van der Waals surface area contributed by atoms with E-state index >= 15 is 0 Å². The van der Waals surface area contributed by atoms with Gasteiger partial charge < -0.3 is 4.90 Å². The van der Waals surface area contributed by atoms with E-state index in [1.165, 1.54) is 115 Å². The number of hydrogen-bond acceptors (Lipinski definition) is 1. The first-order chi connectivity index (χ1) is 12.6. The molecule has 26 heavy (non-hydrogen) atoms. The van der Waals surface area contributed by atoms with Gasteiger partial charge in [0.1, 0.15) is 0 Å². The predicted molar refractivity (Wildman–Crippen MR) is 121 cm³/mol. The molecular formula is C25H49N. The van der Waals surface area contributed by atoms with Crippen molar-refractivity contribution in [1.29, 1.82) is 0 Å². The zero-order valence-corrected chi connectivity index (χ0v) is 18.5. The molecule has 0 saturated heterocycles. The molecule has 0 aromatic rings. The Balaban J connectivity index is 3.65. The summed E-state index contributed by atoms with van der Waals surface area (Å²) in [6.07, 6.45) is 21.2. The molecule has 0 aromatic heterocycles. The Labute approximate surface area is 166 Å². The maximum atomic E-state index is 3.99. The molecule has 1 nitrogen and oxygen atoms in total. The van der Waals surface area contributed by atoms with Crippen molar-refractivity contribution in [2.45, 2.75) is 111 Å². The summed E-state index contributed by atoms with van der Waals surface area (Å²) >= 11 is 0.